The van der Waals surface area contributed by atoms with Crippen LogP contribution in [0.3, 0.4) is 0 Å². The van der Waals surface area contributed by atoms with Crippen LogP contribution in [0.1, 0.15) is 35.0 Å². The molecule has 1 unspecified atom stereocenters. The van der Waals surface area contributed by atoms with E-state index in [0.717, 1.165) is 17.0 Å². The Labute approximate surface area is 166 Å². The Hall–Kier alpha value is -2.47. The molecule has 1 N–H and O–H groups in total. The number of nitrogens with one attached hydrogen (secondary N) is 1. The molecule has 1 heterocycles. The molecule has 6 heteroatoms. The van der Waals surface area contributed by atoms with Crippen LogP contribution in [0, 0.1) is 19.7 Å². The molecule has 0 saturated carbocycles. The highest BCUT2D eigenvalue weighted by atomic mass is 79.9. The molecule has 27 heavy (non-hydrogen) atoms. The van der Waals surface area contributed by atoms with Gasteiger partial charge in [-0.25, -0.2) is 4.39 Å². The van der Waals surface area contributed by atoms with Crippen molar-refractivity contribution in [3.8, 4) is 0 Å². The fraction of sp³-hybridized carbons (Fsp3) is 0.238. The molecule has 0 radical (unpaired) electrons. The van der Waals surface area contributed by atoms with Crippen molar-refractivity contribution in [3.63, 3.8) is 0 Å². The Morgan fingerprint density at radius 2 is 1.93 bits per heavy atom. The highest BCUT2D eigenvalue weighted by molar-refractivity contribution is 9.10. The number of carbonyl (C=O) groups is 1. The molecule has 0 bridgehead atoms. The predicted molar refractivity (Wildman–Crippen MR) is 107 cm³/mol. The molecule has 0 saturated heterocycles. The lowest BCUT2D eigenvalue weighted by Crippen LogP contribution is -2.30. The zero-order valence-electron chi connectivity index (χ0n) is 15.2. The van der Waals surface area contributed by atoms with Crippen molar-refractivity contribution >= 4 is 21.8 Å². The molecule has 0 aliphatic carbocycles. The van der Waals surface area contributed by atoms with Crippen molar-refractivity contribution < 1.29 is 9.18 Å². The third-order valence-corrected chi connectivity index (χ3v) is 4.86. The van der Waals surface area contributed by atoms with Crippen LogP contribution in [0.5, 0.6) is 0 Å². The van der Waals surface area contributed by atoms with Crippen LogP contribution in [0.15, 0.2) is 59.1 Å². The summed E-state index contributed by atoms with van der Waals surface area (Å²) in [6, 6.07) is 15.7. The van der Waals surface area contributed by atoms with Crippen molar-refractivity contribution in [3.05, 3.63) is 87.4 Å². The molecule has 3 rings (SSSR count). The maximum absolute atomic E-state index is 14.5. The lowest BCUT2D eigenvalue weighted by molar-refractivity contribution is -0.121. The van der Waals surface area contributed by atoms with E-state index in [-0.39, 0.29) is 18.1 Å². The number of rotatable bonds is 6. The molecule has 4 nitrogen and oxygen atoms in total. The summed E-state index contributed by atoms with van der Waals surface area (Å²) in [5, 5.41) is 7.34. The van der Waals surface area contributed by atoms with Crippen molar-refractivity contribution in [2.45, 2.75) is 32.9 Å². The molecule has 0 aliphatic heterocycles. The fourth-order valence-electron chi connectivity index (χ4n) is 3.06. The summed E-state index contributed by atoms with van der Waals surface area (Å²) in [5.41, 5.74) is 3.20. The number of hydrogen-bond donors (Lipinski definition) is 1. The van der Waals surface area contributed by atoms with Gasteiger partial charge < -0.3 is 5.32 Å². The van der Waals surface area contributed by atoms with Crippen LogP contribution in [0.2, 0.25) is 0 Å². The lowest BCUT2D eigenvalue weighted by Gasteiger charge is -2.21. The Bertz CT molecular complexity index is 940. The summed E-state index contributed by atoms with van der Waals surface area (Å²) in [7, 11) is 0. The van der Waals surface area contributed by atoms with E-state index < -0.39 is 6.04 Å². The maximum atomic E-state index is 14.5. The third kappa shape index (κ3) is 4.83. The summed E-state index contributed by atoms with van der Waals surface area (Å²) in [4.78, 5) is 12.6. The molecule has 0 spiro atoms. The third-order valence-electron chi connectivity index (χ3n) is 4.37. The van der Waals surface area contributed by atoms with E-state index in [2.05, 4.69) is 26.3 Å². The highest BCUT2D eigenvalue weighted by Crippen LogP contribution is 2.26. The fourth-order valence-corrected chi connectivity index (χ4v) is 3.40. The number of carbonyl (C=O) groups excluding carboxylic acids is 1. The summed E-state index contributed by atoms with van der Waals surface area (Å²) >= 11 is 3.27. The zero-order chi connectivity index (χ0) is 19.4. The van der Waals surface area contributed by atoms with Gasteiger partial charge in [-0.15, -0.1) is 0 Å². The average molecular weight is 430 g/mol. The maximum Gasteiger partial charge on any atom is 0.222 e. The van der Waals surface area contributed by atoms with E-state index >= 15 is 0 Å². The number of hydrogen-bond acceptors (Lipinski definition) is 2. The second-order valence-electron chi connectivity index (χ2n) is 6.48. The lowest BCUT2D eigenvalue weighted by atomic mass is 9.98. The molecule has 1 aromatic heterocycles. The van der Waals surface area contributed by atoms with Gasteiger partial charge in [-0.2, -0.15) is 5.10 Å². The second-order valence-corrected chi connectivity index (χ2v) is 7.39. The van der Waals surface area contributed by atoms with Crippen molar-refractivity contribution in [2.24, 2.45) is 0 Å². The number of aryl methyl sites for hydroxylation is 3. The molecule has 140 valence electrons. The Kier molecular flexibility index (Phi) is 6.06. The monoisotopic (exact) mass is 429 g/mol. The van der Waals surface area contributed by atoms with Gasteiger partial charge in [0.15, 0.2) is 0 Å². The second kappa shape index (κ2) is 8.48. The van der Waals surface area contributed by atoms with Crippen molar-refractivity contribution in [2.75, 3.05) is 0 Å². The number of nitrogens with zero attached hydrogens (tertiary/aromatic N) is 2. The first kappa shape index (κ1) is 19.3. The van der Waals surface area contributed by atoms with Gasteiger partial charge in [-0.1, -0.05) is 52.3 Å². The minimum absolute atomic E-state index is 0.154. The van der Waals surface area contributed by atoms with Crippen LogP contribution < -0.4 is 5.32 Å². The molecule has 0 fully saturated rings. The molecule has 2 aromatic carbocycles. The quantitative estimate of drug-likeness (QED) is 0.617. The average Bonchev–Trinajstić information content (AvgIpc) is 2.96. The number of benzene rings is 2. The molecule has 1 amide bonds. The topological polar surface area (TPSA) is 46.9 Å². The minimum atomic E-state index is -0.549. The van der Waals surface area contributed by atoms with Crippen molar-refractivity contribution in [1.29, 1.82) is 0 Å². The van der Waals surface area contributed by atoms with E-state index in [0.29, 0.717) is 16.6 Å². The van der Waals surface area contributed by atoms with Gasteiger partial charge in [0.1, 0.15) is 5.82 Å². The van der Waals surface area contributed by atoms with Gasteiger partial charge in [-0.3, -0.25) is 9.48 Å². The Morgan fingerprint density at radius 1 is 1.19 bits per heavy atom. The standard InChI is InChI=1S/C21H21BrFN3O/c1-14-12-15(2)26(25-14)11-10-20(27)24-21(16-6-4-3-5-7-16)18-9-8-17(22)13-19(18)23/h3-9,12-13,21H,10-11H2,1-2H3,(H,24,27). The SMILES string of the molecule is Cc1cc(C)n(CCC(=O)NC(c2ccccc2)c2ccc(Br)cc2F)n1. The Morgan fingerprint density at radius 3 is 2.56 bits per heavy atom. The van der Waals surface area contributed by atoms with E-state index in [1.54, 1.807) is 12.1 Å². The summed E-state index contributed by atoms with van der Waals surface area (Å²) < 4.78 is 17.0. The van der Waals surface area contributed by atoms with Gasteiger partial charge in [-0.05, 0) is 37.6 Å². The largest absolute Gasteiger partial charge is 0.345 e. The molecule has 0 aliphatic rings. The summed E-state index contributed by atoms with van der Waals surface area (Å²) in [6.45, 7) is 4.36. The van der Waals surface area contributed by atoms with E-state index in [1.807, 2.05) is 54.9 Å². The minimum Gasteiger partial charge on any atom is -0.345 e. The normalized spacial score (nSPS) is 12.0. The smallest absolute Gasteiger partial charge is 0.222 e. The predicted octanol–water partition coefficient (Wildman–Crippen LogP) is 4.70. The number of amides is 1. The van der Waals surface area contributed by atoms with Crippen LogP contribution in [0.4, 0.5) is 4.39 Å². The van der Waals surface area contributed by atoms with Crippen LogP contribution in [0.25, 0.3) is 0 Å². The van der Waals surface area contributed by atoms with E-state index in [4.69, 9.17) is 0 Å². The van der Waals surface area contributed by atoms with Crippen LogP contribution in [-0.2, 0) is 11.3 Å². The van der Waals surface area contributed by atoms with Crippen LogP contribution in [-0.4, -0.2) is 15.7 Å². The Balaban J connectivity index is 1.79. The first-order valence-electron chi connectivity index (χ1n) is 8.74. The zero-order valence-corrected chi connectivity index (χ0v) is 16.8. The van der Waals surface area contributed by atoms with Crippen molar-refractivity contribution in [1.82, 2.24) is 15.1 Å². The van der Waals surface area contributed by atoms with Gasteiger partial charge in [0.2, 0.25) is 5.91 Å². The van der Waals surface area contributed by atoms with Gasteiger partial charge in [0.05, 0.1) is 11.7 Å². The van der Waals surface area contributed by atoms with Crippen LogP contribution >= 0.6 is 15.9 Å². The molecule has 3 aromatic rings. The number of aromatic nitrogens is 2. The molecular weight excluding hydrogens is 409 g/mol. The molecule has 1 atom stereocenters. The van der Waals surface area contributed by atoms with E-state index in [1.165, 1.54) is 6.07 Å². The van der Waals surface area contributed by atoms with Gasteiger partial charge >= 0.3 is 0 Å². The first-order chi connectivity index (χ1) is 12.9. The van der Waals surface area contributed by atoms with E-state index in [9.17, 15) is 9.18 Å². The number of halogens is 2. The van der Waals surface area contributed by atoms with Gasteiger partial charge in [0.25, 0.3) is 0 Å². The molecular formula is C21H21BrFN3O. The summed E-state index contributed by atoms with van der Waals surface area (Å²) in [5.74, 6) is -0.518. The first-order valence-corrected chi connectivity index (χ1v) is 9.53. The highest BCUT2D eigenvalue weighted by Gasteiger charge is 2.20. The van der Waals surface area contributed by atoms with Gasteiger partial charge in [0, 0.05) is 28.7 Å². The summed E-state index contributed by atoms with van der Waals surface area (Å²) in [6.07, 6.45) is 0.267.